The number of piperazine rings is 1. The SMILES string of the molecule is O=C(CCCn1cnc2ccccc2c1=O)N1CCN(S(=O)(=O)c2cccnc2)CC1. The molecular weight excluding hydrogens is 418 g/mol. The van der Waals surface area contributed by atoms with Gasteiger partial charge in [0, 0.05) is 51.5 Å². The van der Waals surface area contributed by atoms with Crippen LogP contribution in [0.15, 0.2) is 64.8 Å². The van der Waals surface area contributed by atoms with E-state index in [9.17, 15) is 18.0 Å². The average Bonchev–Trinajstić information content (AvgIpc) is 2.81. The summed E-state index contributed by atoms with van der Waals surface area (Å²) >= 11 is 0. The third-order valence-corrected chi connectivity index (χ3v) is 7.27. The predicted octanol–water partition coefficient (Wildman–Crippen LogP) is 1.10. The fraction of sp³-hybridized carbons (Fsp3) is 0.333. The Morgan fingerprint density at radius 3 is 2.55 bits per heavy atom. The fourth-order valence-corrected chi connectivity index (χ4v) is 5.04. The summed E-state index contributed by atoms with van der Waals surface area (Å²) in [5, 5.41) is 0.558. The summed E-state index contributed by atoms with van der Waals surface area (Å²) in [6.07, 6.45) is 5.16. The first-order valence-electron chi connectivity index (χ1n) is 10.1. The summed E-state index contributed by atoms with van der Waals surface area (Å²) in [5.41, 5.74) is 0.534. The van der Waals surface area contributed by atoms with Crippen LogP contribution in [0.5, 0.6) is 0 Å². The summed E-state index contributed by atoms with van der Waals surface area (Å²) < 4.78 is 28.2. The number of carbonyl (C=O) groups is 1. The van der Waals surface area contributed by atoms with E-state index in [4.69, 9.17) is 0 Å². The maximum Gasteiger partial charge on any atom is 0.261 e. The number of para-hydroxylation sites is 1. The topological polar surface area (TPSA) is 105 Å². The summed E-state index contributed by atoms with van der Waals surface area (Å²) in [6.45, 7) is 1.58. The predicted molar refractivity (Wildman–Crippen MR) is 115 cm³/mol. The molecule has 9 nitrogen and oxygen atoms in total. The van der Waals surface area contributed by atoms with Crippen LogP contribution in [-0.2, 0) is 21.4 Å². The van der Waals surface area contributed by atoms with Crippen molar-refractivity contribution < 1.29 is 13.2 Å². The molecule has 10 heteroatoms. The van der Waals surface area contributed by atoms with Gasteiger partial charge in [0.15, 0.2) is 0 Å². The zero-order chi connectivity index (χ0) is 21.8. The lowest BCUT2D eigenvalue weighted by Crippen LogP contribution is -2.50. The Morgan fingerprint density at radius 2 is 1.81 bits per heavy atom. The lowest BCUT2D eigenvalue weighted by Gasteiger charge is -2.34. The van der Waals surface area contributed by atoms with Gasteiger partial charge < -0.3 is 4.90 Å². The largest absolute Gasteiger partial charge is 0.340 e. The summed E-state index contributed by atoms with van der Waals surface area (Å²) in [6, 6.07) is 10.3. The van der Waals surface area contributed by atoms with Crippen LogP contribution in [0, 0.1) is 0 Å². The van der Waals surface area contributed by atoms with Crippen molar-refractivity contribution in [1.82, 2.24) is 23.7 Å². The number of pyridine rings is 1. The van der Waals surface area contributed by atoms with E-state index >= 15 is 0 Å². The molecule has 0 N–H and O–H groups in total. The van der Waals surface area contributed by atoms with Crippen molar-refractivity contribution in [1.29, 1.82) is 0 Å². The maximum absolute atomic E-state index is 12.7. The molecule has 0 saturated carbocycles. The van der Waals surface area contributed by atoms with Gasteiger partial charge in [-0.05, 0) is 30.7 Å². The van der Waals surface area contributed by atoms with Gasteiger partial charge in [-0.3, -0.25) is 19.1 Å². The van der Waals surface area contributed by atoms with E-state index in [0.29, 0.717) is 37.0 Å². The first kappa shape index (κ1) is 21.1. The molecule has 0 aliphatic carbocycles. The molecule has 1 aliphatic heterocycles. The molecule has 1 saturated heterocycles. The Bertz CT molecular complexity index is 1240. The van der Waals surface area contributed by atoms with Gasteiger partial charge >= 0.3 is 0 Å². The van der Waals surface area contributed by atoms with Crippen molar-refractivity contribution in [2.45, 2.75) is 24.3 Å². The Balaban J connectivity index is 1.30. The van der Waals surface area contributed by atoms with Gasteiger partial charge in [0.05, 0.1) is 17.2 Å². The minimum Gasteiger partial charge on any atom is -0.340 e. The first-order chi connectivity index (χ1) is 15.0. The zero-order valence-corrected chi connectivity index (χ0v) is 17.7. The van der Waals surface area contributed by atoms with Crippen molar-refractivity contribution in [2.24, 2.45) is 0 Å². The molecule has 0 bridgehead atoms. The summed E-state index contributed by atoms with van der Waals surface area (Å²) in [4.78, 5) is 35.1. The van der Waals surface area contributed by atoms with Gasteiger partial charge in [-0.25, -0.2) is 13.4 Å². The Labute approximate surface area is 180 Å². The number of nitrogens with zero attached hydrogens (tertiary/aromatic N) is 5. The Morgan fingerprint density at radius 1 is 1.03 bits per heavy atom. The zero-order valence-electron chi connectivity index (χ0n) is 16.9. The van der Waals surface area contributed by atoms with Crippen molar-refractivity contribution in [3.63, 3.8) is 0 Å². The molecule has 162 valence electrons. The standard InChI is InChI=1S/C21H23N5O4S/c27-20(8-4-10-25-16-23-19-7-2-1-6-18(19)21(25)28)24-11-13-26(14-12-24)31(29,30)17-5-3-9-22-15-17/h1-3,5-7,9,15-16H,4,8,10-14H2. The number of aromatic nitrogens is 3. The van der Waals surface area contributed by atoms with Crippen molar-refractivity contribution >= 4 is 26.8 Å². The monoisotopic (exact) mass is 441 g/mol. The highest BCUT2D eigenvalue weighted by Crippen LogP contribution is 2.17. The number of benzene rings is 1. The van der Waals surface area contributed by atoms with E-state index in [2.05, 4.69) is 9.97 Å². The quantitative estimate of drug-likeness (QED) is 0.567. The van der Waals surface area contributed by atoms with E-state index in [0.717, 1.165) is 0 Å². The van der Waals surface area contributed by atoms with E-state index in [1.807, 2.05) is 6.07 Å². The number of amides is 1. The van der Waals surface area contributed by atoms with Crippen LogP contribution in [0.4, 0.5) is 0 Å². The van der Waals surface area contributed by atoms with Crippen LogP contribution in [0.3, 0.4) is 0 Å². The van der Waals surface area contributed by atoms with Crippen molar-refractivity contribution in [3.8, 4) is 0 Å². The molecule has 0 unspecified atom stereocenters. The van der Waals surface area contributed by atoms with Crippen LogP contribution >= 0.6 is 0 Å². The normalized spacial score (nSPS) is 15.3. The molecule has 3 aromatic rings. The lowest BCUT2D eigenvalue weighted by atomic mass is 10.2. The highest BCUT2D eigenvalue weighted by molar-refractivity contribution is 7.89. The molecule has 1 fully saturated rings. The molecular formula is C21H23N5O4S. The van der Waals surface area contributed by atoms with E-state index in [1.165, 1.54) is 33.7 Å². The van der Waals surface area contributed by atoms with Gasteiger partial charge in [-0.15, -0.1) is 0 Å². The van der Waals surface area contributed by atoms with Gasteiger partial charge in [0.1, 0.15) is 4.90 Å². The molecule has 0 radical (unpaired) electrons. The molecule has 0 spiro atoms. The molecule has 4 rings (SSSR count). The van der Waals surface area contributed by atoms with Crippen LogP contribution < -0.4 is 5.56 Å². The van der Waals surface area contributed by atoms with Gasteiger partial charge in [-0.2, -0.15) is 4.31 Å². The number of carbonyl (C=O) groups excluding carboxylic acids is 1. The molecule has 1 aliphatic rings. The number of fused-ring (bicyclic) bond motifs is 1. The Hall–Kier alpha value is -3.11. The minimum atomic E-state index is -3.60. The molecule has 1 aromatic carbocycles. The Kier molecular flexibility index (Phi) is 6.10. The number of sulfonamides is 1. The first-order valence-corrected chi connectivity index (χ1v) is 11.5. The smallest absolute Gasteiger partial charge is 0.261 e. The average molecular weight is 442 g/mol. The molecule has 2 aromatic heterocycles. The number of rotatable bonds is 6. The number of hydrogen-bond acceptors (Lipinski definition) is 6. The van der Waals surface area contributed by atoms with Crippen molar-refractivity contribution in [2.75, 3.05) is 26.2 Å². The third-order valence-electron chi connectivity index (χ3n) is 5.38. The molecule has 3 heterocycles. The molecule has 1 amide bonds. The third kappa shape index (κ3) is 4.49. The van der Waals surface area contributed by atoms with Gasteiger partial charge in [-0.1, -0.05) is 12.1 Å². The van der Waals surface area contributed by atoms with Crippen LogP contribution in [0.25, 0.3) is 10.9 Å². The molecule has 31 heavy (non-hydrogen) atoms. The highest BCUT2D eigenvalue weighted by Gasteiger charge is 2.30. The minimum absolute atomic E-state index is 0.0415. The molecule has 0 atom stereocenters. The summed E-state index contributed by atoms with van der Waals surface area (Å²) in [5.74, 6) is -0.0415. The van der Waals surface area contributed by atoms with Crippen molar-refractivity contribution in [3.05, 3.63) is 65.5 Å². The highest BCUT2D eigenvalue weighted by atomic mass is 32.2. The van der Waals surface area contributed by atoms with E-state index in [-0.39, 0.29) is 35.9 Å². The van der Waals surface area contributed by atoms with Crippen LogP contribution in [0.2, 0.25) is 0 Å². The second-order valence-corrected chi connectivity index (χ2v) is 9.28. The second kappa shape index (κ2) is 8.94. The number of hydrogen-bond donors (Lipinski definition) is 0. The summed E-state index contributed by atoms with van der Waals surface area (Å²) in [7, 11) is -3.60. The maximum atomic E-state index is 12.7. The van der Waals surface area contributed by atoms with Gasteiger partial charge in [0.25, 0.3) is 5.56 Å². The van der Waals surface area contributed by atoms with E-state index < -0.39 is 10.0 Å². The van der Waals surface area contributed by atoms with Crippen LogP contribution in [0.1, 0.15) is 12.8 Å². The second-order valence-electron chi connectivity index (χ2n) is 7.34. The fourth-order valence-electron chi connectivity index (χ4n) is 3.65. The number of aryl methyl sites for hydroxylation is 1. The van der Waals surface area contributed by atoms with E-state index in [1.54, 1.807) is 29.2 Å². The van der Waals surface area contributed by atoms with Crippen LogP contribution in [-0.4, -0.2) is 64.2 Å². The van der Waals surface area contributed by atoms with Gasteiger partial charge in [0.2, 0.25) is 15.9 Å². The lowest BCUT2D eigenvalue weighted by molar-refractivity contribution is -0.132.